The maximum atomic E-state index is 3.97. The van der Waals surface area contributed by atoms with E-state index in [9.17, 15) is 0 Å². The molecule has 0 aliphatic rings. The van der Waals surface area contributed by atoms with Crippen molar-refractivity contribution in [1.82, 2.24) is 9.97 Å². The van der Waals surface area contributed by atoms with Crippen LogP contribution in [0.4, 0.5) is 0 Å². The number of pyridine rings is 2. The second-order valence-electron chi connectivity index (χ2n) is 3.66. The normalized spacial score (nSPS) is 11.8. The summed E-state index contributed by atoms with van der Waals surface area (Å²) in [5.74, 6) is 0. The van der Waals surface area contributed by atoms with E-state index in [-0.39, 0.29) is 0 Å². The Morgan fingerprint density at radius 2 is 0.944 bits per heavy atom. The van der Waals surface area contributed by atoms with Crippen molar-refractivity contribution < 1.29 is 0 Å². The van der Waals surface area contributed by atoms with Gasteiger partial charge in [-0.25, -0.2) is 0 Å². The summed E-state index contributed by atoms with van der Waals surface area (Å²) in [6.45, 7) is 0. The lowest BCUT2D eigenvalue weighted by molar-refractivity contribution is 1.32. The predicted octanol–water partition coefficient (Wildman–Crippen LogP) is 3.76. The van der Waals surface area contributed by atoms with E-state index >= 15 is 0 Å². The van der Waals surface area contributed by atoms with Gasteiger partial charge in [0.25, 0.3) is 0 Å². The molecule has 2 rings (SSSR count). The highest BCUT2D eigenvalue weighted by atomic mass is 14.6. The molecule has 2 heteroatoms. The Bertz CT molecular complexity index is 488. The molecular formula is C16H14N2. The van der Waals surface area contributed by atoms with Crippen molar-refractivity contribution in [2.75, 3.05) is 0 Å². The van der Waals surface area contributed by atoms with Gasteiger partial charge >= 0.3 is 0 Å². The molecule has 0 saturated heterocycles. The van der Waals surface area contributed by atoms with E-state index in [0.29, 0.717) is 0 Å². The summed E-state index contributed by atoms with van der Waals surface area (Å²) in [6, 6.07) is 7.88. The van der Waals surface area contributed by atoms with Gasteiger partial charge in [-0.3, -0.25) is 9.97 Å². The van der Waals surface area contributed by atoms with Crippen LogP contribution in [0.25, 0.3) is 12.2 Å². The Kier molecular flexibility index (Phi) is 4.64. The van der Waals surface area contributed by atoms with Gasteiger partial charge in [-0.2, -0.15) is 0 Å². The number of rotatable bonds is 4. The molecule has 0 amide bonds. The summed E-state index contributed by atoms with van der Waals surface area (Å²) in [5, 5.41) is 0. The van der Waals surface area contributed by atoms with Crippen molar-refractivity contribution in [2.24, 2.45) is 0 Å². The molecule has 0 aliphatic heterocycles. The zero-order valence-electron chi connectivity index (χ0n) is 9.98. The molecule has 0 unspecified atom stereocenters. The van der Waals surface area contributed by atoms with Gasteiger partial charge in [0.15, 0.2) is 0 Å². The van der Waals surface area contributed by atoms with Gasteiger partial charge in [0.2, 0.25) is 0 Å². The first-order valence-electron chi connectivity index (χ1n) is 5.76. The van der Waals surface area contributed by atoms with Crippen LogP contribution in [0, 0.1) is 0 Å². The lowest BCUT2D eigenvalue weighted by Gasteiger charge is -1.88. The molecular weight excluding hydrogens is 220 g/mol. The van der Waals surface area contributed by atoms with E-state index in [1.807, 2.05) is 60.7 Å². The molecule has 0 spiro atoms. The third-order valence-corrected chi connectivity index (χ3v) is 2.32. The molecule has 2 aromatic rings. The third-order valence-electron chi connectivity index (χ3n) is 2.32. The van der Waals surface area contributed by atoms with Crippen molar-refractivity contribution in [3.63, 3.8) is 0 Å². The van der Waals surface area contributed by atoms with E-state index in [1.54, 1.807) is 24.8 Å². The van der Waals surface area contributed by atoms with Crippen LogP contribution in [0.5, 0.6) is 0 Å². The van der Waals surface area contributed by atoms with Crippen LogP contribution in [0.15, 0.2) is 73.4 Å². The van der Waals surface area contributed by atoms with Crippen LogP contribution in [-0.2, 0) is 0 Å². The van der Waals surface area contributed by atoms with E-state index < -0.39 is 0 Å². The Morgan fingerprint density at radius 1 is 0.556 bits per heavy atom. The summed E-state index contributed by atoms with van der Waals surface area (Å²) in [5.41, 5.74) is 2.29. The molecule has 88 valence electrons. The molecule has 2 heterocycles. The number of nitrogens with zero attached hydrogens (tertiary/aromatic N) is 2. The number of aromatic nitrogens is 2. The first-order chi connectivity index (χ1) is 8.95. The predicted molar refractivity (Wildman–Crippen MR) is 75.7 cm³/mol. The molecule has 0 radical (unpaired) electrons. The van der Waals surface area contributed by atoms with Crippen LogP contribution in [0.1, 0.15) is 11.1 Å². The van der Waals surface area contributed by atoms with E-state index in [1.165, 1.54) is 0 Å². The maximum Gasteiger partial charge on any atom is 0.0273 e. The number of allylic oxidation sites excluding steroid dienone is 4. The van der Waals surface area contributed by atoms with E-state index in [2.05, 4.69) is 9.97 Å². The smallest absolute Gasteiger partial charge is 0.0273 e. The summed E-state index contributed by atoms with van der Waals surface area (Å²) in [7, 11) is 0. The highest BCUT2D eigenvalue weighted by Crippen LogP contribution is 2.00. The minimum absolute atomic E-state index is 1.15. The van der Waals surface area contributed by atoms with Crippen molar-refractivity contribution in [3.8, 4) is 0 Å². The van der Waals surface area contributed by atoms with Gasteiger partial charge in [0.05, 0.1) is 0 Å². The fraction of sp³-hybridized carbons (Fsp3) is 0. The van der Waals surface area contributed by atoms with Crippen LogP contribution >= 0.6 is 0 Å². The van der Waals surface area contributed by atoms with Gasteiger partial charge in [0.1, 0.15) is 0 Å². The highest BCUT2D eigenvalue weighted by molar-refractivity contribution is 5.52. The van der Waals surface area contributed by atoms with E-state index in [0.717, 1.165) is 11.1 Å². The fourth-order valence-electron chi connectivity index (χ4n) is 1.41. The quantitative estimate of drug-likeness (QED) is 0.753. The molecule has 0 aliphatic carbocycles. The molecule has 2 nitrogen and oxygen atoms in total. The van der Waals surface area contributed by atoms with Crippen LogP contribution in [-0.4, -0.2) is 9.97 Å². The van der Waals surface area contributed by atoms with Crippen LogP contribution in [0.3, 0.4) is 0 Å². The average molecular weight is 234 g/mol. The summed E-state index contributed by atoms with van der Waals surface area (Å²) >= 11 is 0. The van der Waals surface area contributed by atoms with Crippen molar-refractivity contribution >= 4 is 12.2 Å². The lowest BCUT2D eigenvalue weighted by atomic mass is 10.2. The van der Waals surface area contributed by atoms with Gasteiger partial charge in [-0.05, 0) is 35.4 Å². The number of hydrogen-bond acceptors (Lipinski definition) is 2. The van der Waals surface area contributed by atoms with E-state index in [4.69, 9.17) is 0 Å². The Hall–Kier alpha value is -2.48. The molecule has 0 N–H and O–H groups in total. The molecule has 0 fully saturated rings. The fourth-order valence-corrected chi connectivity index (χ4v) is 1.41. The minimum Gasteiger partial charge on any atom is -0.265 e. The Balaban J connectivity index is 1.86. The molecule has 0 bridgehead atoms. The van der Waals surface area contributed by atoms with Gasteiger partial charge < -0.3 is 0 Å². The molecule has 18 heavy (non-hydrogen) atoms. The second-order valence-corrected chi connectivity index (χ2v) is 3.66. The minimum atomic E-state index is 1.15. The topological polar surface area (TPSA) is 25.8 Å². The van der Waals surface area contributed by atoms with Gasteiger partial charge in [-0.1, -0.05) is 36.5 Å². The monoisotopic (exact) mass is 234 g/mol. The molecule has 0 aromatic carbocycles. The SMILES string of the molecule is C(=CC=Cc1ccncc1)C=Cc1ccncc1. The number of hydrogen-bond donors (Lipinski definition) is 0. The lowest BCUT2D eigenvalue weighted by Crippen LogP contribution is -1.71. The van der Waals surface area contributed by atoms with Gasteiger partial charge in [0, 0.05) is 24.8 Å². The third kappa shape index (κ3) is 4.18. The zero-order valence-corrected chi connectivity index (χ0v) is 9.98. The first kappa shape index (κ1) is 12.0. The Labute approximate surface area is 107 Å². The van der Waals surface area contributed by atoms with Crippen molar-refractivity contribution in [3.05, 3.63) is 84.5 Å². The summed E-state index contributed by atoms with van der Waals surface area (Å²) in [4.78, 5) is 7.94. The highest BCUT2D eigenvalue weighted by Gasteiger charge is 1.81. The van der Waals surface area contributed by atoms with Crippen LogP contribution in [0.2, 0.25) is 0 Å². The molecule has 0 saturated carbocycles. The second kappa shape index (κ2) is 6.97. The average Bonchev–Trinajstić information content (AvgIpc) is 2.45. The standard InChI is InChI=1S/C16H14N2/c1(3-5-15-7-11-17-12-8-15)2-4-6-16-9-13-18-14-10-16/h1-14H. The first-order valence-corrected chi connectivity index (χ1v) is 5.76. The molecule has 2 aromatic heterocycles. The largest absolute Gasteiger partial charge is 0.265 e. The van der Waals surface area contributed by atoms with Gasteiger partial charge in [-0.15, -0.1) is 0 Å². The maximum absolute atomic E-state index is 3.97. The molecule has 0 atom stereocenters. The zero-order chi connectivity index (χ0) is 12.5. The summed E-state index contributed by atoms with van der Waals surface area (Å²) < 4.78 is 0. The van der Waals surface area contributed by atoms with Crippen molar-refractivity contribution in [1.29, 1.82) is 0 Å². The summed E-state index contributed by atoms with van der Waals surface area (Å²) in [6.07, 6.45) is 19.2. The van der Waals surface area contributed by atoms with Crippen LogP contribution < -0.4 is 0 Å². The van der Waals surface area contributed by atoms with Crippen molar-refractivity contribution in [2.45, 2.75) is 0 Å². The Morgan fingerprint density at radius 3 is 1.33 bits per heavy atom.